The lowest BCUT2D eigenvalue weighted by molar-refractivity contribution is -0.385. The van der Waals surface area contributed by atoms with Gasteiger partial charge in [-0.05, 0) is 110 Å². The van der Waals surface area contributed by atoms with Crippen molar-refractivity contribution in [3.63, 3.8) is 0 Å². The highest BCUT2D eigenvalue weighted by Crippen LogP contribution is 2.38. The molecule has 5 aromatic carbocycles. The maximum Gasteiger partial charge on any atom is 0.410 e. The summed E-state index contributed by atoms with van der Waals surface area (Å²) >= 11 is 0. The van der Waals surface area contributed by atoms with Gasteiger partial charge in [-0.15, -0.1) is 0 Å². The maximum absolute atomic E-state index is 15.1. The first kappa shape index (κ1) is 72.8. The van der Waals surface area contributed by atoms with Gasteiger partial charge in [-0.25, -0.2) is 9.59 Å². The summed E-state index contributed by atoms with van der Waals surface area (Å²) in [6.07, 6.45) is 3.45. The Labute approximate surface area is 563 Å². The Morgan fingerprint density at radius 3 is 1.71 bits per heavy atom. The molecule has 3 heterocycles. The van der Waals surface area contributed by atoms with Crippen LogP contribution in [0.4, 0.5) is 26.7 Å². The summed E-state index contributed by atoms with van der Waals surface area (Å²) in [4.78, 5) is 192. The third-order valence-electron chi connectivity index (χ3n) is 17.4. The number of carbonyl (C=O) groups is 12. The van der Waals surface area contributed by atoms with Gasteiger partial charge < -0.3 is 41.5 Å². The van der Waals surface area contributed by atoms with E-state index in [0.29, 0.717) is 42.1 Å². The number of anilines is 1. The SMILES string of the molecule is CCN(CCCN(CCN1C(=O)c2cccc3ccc([N+](=O)[O-])c(c23)C1=O)C(=O)[C@@H](C(C)C)N(C)C(=O)OCc1ccc(NC(=O)[C@H](CCCNC(N)=O)NC(=O)[C@@H](NC(=O)CCCCCN2C(=O)C=CC2=O)C(C)C)cc1)CCN1C(=O)c2cccc3ccc([N+](=O)[O-])c(c23)C1=O. The molecule has 0 spiro atoms. The zero-order chi connectivity index (χ0) is 71.2. The van der Waals surface area contributed by atoms with Gasteiger partial charge in [0, 0.05) is 111 Å². The molecular formula is C68H79N13O17. The zero-order valence-electron chi connectivity index (χ0n) is 55.2. The minimum atomic E-state index is -1.22. The molecule has 98 heavy (non-hydrogen) atoms. The van der Waals surface area contributed by atoms with Gasteiger partial charge in [0.1, 0.15) is 35.9 Å². The number of nitrogens with one attached hydrogen (secondary N) is 4. The minimum absolute atomic E-state index is 0.0380. The van der Waals surface area contributed by atoms with E-state index in [1.54, 1.807) is 64.1 Å². The summed E-state index contributed by atoms with van der Waals surface area (Å²) in [6, 6.07) is 16.8. The molecule has 0 radical (unpaired) electrons. The predicted octanol–water partition coefficient (Wildman–Crippen LogP) is 6.03. The molecule has 0 saturated heterocycles. The van der Waals surface area contributed by atoms with Crippen LogP contribution in [0.15, 0.2) is 97.1 Å². The Bertz CT molecular complexity index is 4010. The molecule has 0 aromatic heterocycles. The number of imide groups is 3. The number of amides is 13. The lowest BCUT2D eigenvalue weighted by Crippen LogP contribution is -2.54. The number of nitrogens with two attached hydrogens (primary N) is 1. The molecule has 0 unspecified atom stereocenters. The van der Waals surface area contributed by atoms with Crippen LogP contribution in [0.1, 0.15) is 127 Å². The molecule has 5 aromatic rings. The van der Waals surface area contributed by atoms with Gasteiger partial charge in [0.2, 0.25) is 23.6 Å². The largest absolute Gasteiger partial charge is 0.445 e. The first-order chi connectivity index (χ1) is 46.7. The van der Waals surface area contributed by atoms with E-state index in [2.05, 4.69) is 21.3 Å². The monoisotopic (exact) mass is 1350 g/mol. The van der Waals surface area contributed by atoms with E-state index < -0.39 is 129 Å². The van der Waals surface area contributed by atoms with Crippen molar-refractivity contribution in [2.24, 2.45) is 17.6 Å². The molecule has 3 aliphatic rings. The molecule has 0 fully saturated rings. The highest BCUT2D eigenvalue weighted by atomic mass is 16.6. The first-order valence-electron chi connectivity index (χ1n) is 32.3. The number of nitrogens with zero attached hydrogens (tertiary/aromatic N) is 8. The standard InChI is InChI=1S/C68H79N13O17/c1-7-75(35-37-78-62(87)46-17-11-15-43-23-27-49(80(94)95)56(54(43)46)64(78)89)32-14-33-76(36-38-79-63(88)47-18-12-16-44-24-28-50(81(96)97)57(55(44)47)65(79)90)66(91)59(41(4)5)74(6)68(93)98-39-42-21-25-45(26-22-42)71-60(85)48(19-13-31-70-67(69)92)72-61(86)58(40(2)3)73-51(82)20-9-8-10-34-77-52(83)29-30-53(77)84/h11-12,15-18,21-30,40-41,48,58-59H,7-10,13-14,19-20,31-39H2,1-6H3,(H,71,85)(H,72,86)(H,73,82)(H3,69,70,92)/t48-,58-,59+/m0/s1. The van der Waals surface area contributed by atoms with Crippen molar-refractivity contribution in [3.8, 4) is 0 Å². The molecule has 518 valence electrons. The fraction of sp³-hybridized carbons (Fsp3) is 0.412. The Morgan fingerprint density at radius 1 is 0.612 bits per heavy atom. The normalized spacial score (nSPS) is 14.3. The Balaban J connectivity index is 0.917. The highest BCUT2D eigenvalue weighted by Gasteiger charge is 2.41. The quantitative estimate of drug-likeness (QED) is 0.0136. The van der Waals surface area contributed by atoms with Gasteiger partial charge in [0.05, 0.1) is 9.85 Å². The molecule has 13 amide bonds. The summed E-state index contributed by atoms with van der Waals surface area (Å²) in [5, 5.41) is 36.4. The molecule has 30 heteroatoms. The molecule has 6 N–H and O–H groups in total. The average molecular weight is 1350 g/mol. The number of rotatable bonds is 34. The Hall–Kier alpha value is -11.0. The summed E-state index contributed by atoms with van der Waals surface area (Å²) in [5.74, 6) is -7.18. The first-order valence-corrected chi connectivity index (χ1v) is 32.3. The molecule has 0 bridgehead atoms. The van der Waals surface area contributed by atoms with Crippen molar-refractivity contribution in [2.45, 2.75) is 104 Å². The number of nitro benzene ring substituents is 2. The smallest absolute Gasteiger partial charge is 0.410 e. The summed E-state index contributed by atoms with van der Waals surface area (Å²) < 4.78 is 5.74. The second-order valence-electron chi connectivity index (χ2n) is 24.7. The van der Waals surface area contributed by atoms with E-state index in [1.165, 1.54) is 72.6 Å². The van der Waals surface area contributed by atoms with E-state index in [1.807, 2.05) is 11.8 Å². The van der Waals surface area contributed by atoms with E-state index in [-0.39, 0.29) is 117 Å². The molecule has 3 aliphatic heterocycles. The van der Waals surface area contributed by atoms with Crippen LogP contribution in [0.25, 0.3) is 21.5 Å². The molecule has 3 atom stereocenters. The second-order valence-corrected chi connectivity index (χ2v) is 24.7. The van der Waals surface area contributed by atoms with Crippen LogP contribution in [0.3, 0.4) is 0 Å². The van der Waals surface area contributed by atoms with Crippen LogP contribution >= 0.6 is 0 Å². The van der Waals surface area contributed by atoms with E-state index in [0.717, 1.165) is 19.6 Å². The highest BCUT2D eigenvalue weighted by molar-refractivity contribution is 6.28. The van der Waals surface area contributed by atoms with Gasteiger partial charge >= 0.3 is 12.1 Å². The Morgan fingerprint density at radius 2 is 1.18 bits per heavy atom. The summed E-state index contributed by atoms with van der Waals surface area (Å²) in [6.45, 7) is 8.53. The molecule has 8 rings (SSSR count). The van der Waals surface area contributed by atoms with Crippen molar-refractivity contribution in [3.05, 3.63) is 145 Å². The second kappa shape index (κ2) is 32.6. The number of likely N-dealkylation sites (N-methyl/N-ethyl adjacent to an activating group) is 2. The Kier molecular flexibility index (Phi) is 24.2. The molecule has 30 nitrogen and oxygen atoms in total. The average Bonchev–Trinajstić information content (AvgIpc) is 0.797. The maximum atomic E-state index is 15.1. The fourth-order valence-corrected chi connectivity index (χ4v) is 12.3. The third kappa shape index (κ3) is 17.0. The number of hydrogen-bond acceptors (Lipinski definition) is 18. The number of carbonyl (C=O) groups excluding carboxylic acids is 12. The van der Waals surface area contributed by atoms with Gasteiger partial charge in [0.25, 0.3) is 46.8 Å². The zero-order valence-corrected chi connectivity index (χ0v) is 55.2. The number of primary amides is 1. The van der Waals surface area contributed by atoms with Crippen LogP contribution in [-0.2, 0) is 40.1 Å². The van der Waals surface area contributed by atoms with E-state index >= 15 is 4.79 Å². The number of unbranched alkanes of at least 4 members (excludes halogenated alkanes) is 2. The third-order valence-corrected chi connectivity index (χ3v) is 17.4. The van der Waals surface area contributed by atoms with E-state index in [4.69, 9.17) is 10.5 Å². The van der Waals surface area contributed by atoms with Crippen molar-refractivity contribution in [1.82, 2.24) is 45.3 Å². The minimum Gasteiger partial charge on any atom is -0.445 e. The van der Waals surface area contributed by atoms with Crippen molar-refractivity contribution in [1.29, 1.82) is 0 Å². The van der Waals surface area contributed by atoms with Gasteiger partial charge in [0.15, 0.2) is 0 Å². The van der Waals surface area contributed by atoms with Crippen molar-refractivity contribution >= 4 is 110 Å². The van der Waals surface area contributed by atoms with Crippen LogP contribution in [0, 0.1) is 32.1 Å². The number of nitro groups is 2. The number of urea groups is 1. The topological polar surface area (TPSA) is 394 Å². The van der Waals surface area contributed by atoms with E-state index in [9.17, 15) is 73.0 Å². The lowest BCUT2D eigenvalue weighted by Gasteiger charge is -2.36. The van der Waals surface area contributed by atoms with Crippen LogP contribution < -0.4 is 27.0 Å². The number of hydrogen-bond donors (Lipinski definition) is 5. The molecular weight excluding hydrogens is 1270 g/mol. The van der Waals surface area contributed by atoms with Gasteiger partial charge in [-0.3, -0.25) is 87.8 Å². The van der Waals surface area contributed by atoms with Crippen molar-refractivity contribution < 1.29 is 72.1 Å². The van der Waals surface area contributed by atoms with Gasteiger partial charge in [-0.2, -0.15) is 0 Å². The summed E-state index contributed by atoms with van der Waals surface area (Å²) in [5.41, 5.74) is 4.75. The van der Waals surface area contributed by atoms with Crippen molar-refractivity contribution in [2.75, 3.05) is 71.3 Å². The van der Waals surface area contributed by atoms with Gasteiger partial charge in [-0.1, -0.05) is 77.4 Å². The lowest BCUT2D eigenvalue weighted by atomic mass is 9.92. The number of ether oxygens (including phenoxy) is 1. The fourth-order valence-electron chi connectivity index (χ4n) is 12.3. The van der Waals surface area contributed by atoms with Crippen LogP contribution in [0.5, 0.6) is 0 Å². The molecule has 0 saturated carbocycles. The molecule has 0 aliphatic carbocycles. The predicted molar refractivity (Wildman–Crippen MR) is 357 cm³/mol. The van der Waals surface area contributed by atoms with Crippen LogP contribution in [-0.4, -0.2) is 195 Å². The van der Waals surface area contributed by atoms with Crippen LogP contribution in [0.2, 0.25) is 0 Å². The number of benzene rings is 5. The summed E-state index contributed by atoms with van der Waals surface area (Å²) in [7, 11) is 1.37.